The lowest BCUT2D eigenvalue weighted by Crippen LogP contribution is -2.15. The number of hydrogen-bond acceptors (Lipinski definition) is 8. The van der Waals surface area contributed by atoms with Gasteiger partial charge in [0.05, 0.1) is 12.6 Å². The van der Waals surface area contributed by atoms with Crippen molar-refractivity contribution in [1.82, 2.24) is 15.0 Å². The van der Waals surface area contributed by atoms with Crippen LogP contribution < -0.4 is 10.6 Å². The maximum absolute atomic E-state index is 14.1. The van der Waals surface area contributed by atoms with E-state index in [1.807, 2.05) is 6.92 Å². The Bertz CT molecular complexity index is 811. The topological polar surface area (TPSA) is 106 Å². The number of halogens is 1. The van der Waals surface area contributed by atoms with Crippen molar-refractivity contribution < 1.29 is 18.7 Å². The molecule has 1 amide bonds. The highest BCUT2D eigenvalue weighted by Gasteiger charge is 2.22. The third-order valence-corrected chi connectivity index (χ3v) is 4.46. The fraction of sp³-hybridized carbons (Fsp3) is 0.438. The average molecular weight is 381 g/mol. The molecule has 26 heavy (non-hydrogen) atoms. The lowest BCUT2D eigenvalue weighted by molar-refractivity contribution is -0.114. The summed E-state index contributed by atoms with van der Waals surface area (Å²) in [5.74, 6) is -0.792. The zero-order valence-corrected chi connectivity index (χ0v) is 15.7. The Morgan fingerprint density at radius 3 is 2.58 bits per heavy atom. The van der Waals surface area contributed by atoms with Crippen LogP contribution in [0.1, 0.15) is 53.6 Å². The van der Waals surface area contributed by atoms with Crippen molar-refractivity contribution in [2.24, 2.45) is 0 Å². The molecule has 0 spiro atoms. The molecule has 0 radical (unpaired) electrons. The van der Waals surface area contributed by atoms with Crippen LogP contribution in [0.2, 0.25) is 0 Å². The van der Waals surface area contributed by atoms with Gasteiger partial charge in [-0.15, -0.1) is 11.3 Å². The fourth-order valence-corrected chi connectivity index (χ4v) is 3.25. The second-order valence-corrected chi connectivity index (χ2v) is 6.45. The third-order valence-electron chi connectivity index (χ3n) is 3.26. The van der Waals surface area contributed by atoms with Gasteiger partial charge in [0, 0.05) is 11.8 Å². The number of aromatic nitrogens is 3. The predicted octanol–water partition coefficient (Wildman–Crippen LogP) is 3.08. The first kappa shape index (κ1) is 19.7. The number of esters is 1. The van der Waals surface area contributed by atoms with E-state index < -0.39 is 11.8 Å². The van der Waals surface area contributed by atoms with Gasteiger partial charge in [-0.25, -0.2) is 9.18 Å². The second-order valence-electron chi connectivity index (χ2n) is 5.36. The molecule has 140 valence electrons. The SMILES string of the molecule is CCOC(=O)c1sc(C(CC)Nc2nc(C)nc(NC(C)=O)n2)cc1F. The molecule has 0 aliphatic rings. The first-order valence-corrected chi connectivity index (χ1v) is 8.88. The second kappa shape index (κ2) is 8.65. The first-order chi connectivity index (χ1) is 12.3. The van der Waals surface area contributed by atoms with E-state index in [1.54, 1.807) is 13.8 Å². The van der Waals surface area contributed by atoms with Crippen LogP contribution in [0.4, 0.5) is 16.3 Å². The molecule has 10 heteroatoms. The van der Waals surface area contributed by atoms with Gasteiger partial charge in [-0.2, -0.15) is 15.0 Å². The van der Waals surface area contributed by atoms with Gasteiger partial charge in [-0.3, -0.25) is 10.1 Å². The van der Waals surface area contributed by atoms with Crippen molar-refractivity contribution in [2.45, 2.75) is 40.2 Å². The van der Waals surface area contributed by atoms with Crippen LogP contribution in [0.15, 0.2) is 6.07 Å². The monoisotopic (exact) mass is 381 g/mol. The van der Waals surface area contributed by atoms with Crippen LogP contribution >= 0.6 is 11.3 Å². The van der Waals surface area contributed by atoms with E-state index in [0.29, 0.717) is 17.1 Å². The summed E-state index contributed by atoms with van der Waals surface area (Å²) in [5, 5.41) is 5.59. The number of amides is 1. The van der Waals surface area contributed by atoms with Gasteiger partial charge in [0.1, 0.15) is 16.5 Å². The minimum absolute atomic E-state index is 0.0622. The zero-order valence-electron chi connectivity index (χ0n) is 14.9. The van der Waals surface area contributed by atoms with Crippen LogP contribution in [-0.4, -0.2) is 33.4 Å². The summed E-state index contributed by atoms with van der Waals surface area (Å²) >= 11 is 1.03. The van der Waals surface area contributed by atoms with Crippen LogP contribution in [0.5, 0.6) is 0 Å². The number of nitrogens with zero attached hydrogens (tertiary/aromatic N) is 3. The molecule has 2 heterocycles. The Kier molecular flexibility index (Phi) is 6.56. The minimum atomic E-state index is -0.681. The molecule has 0 bridgehead atoms. The number of rotatable bonds is 7. The van der Waals surface area contributed by atoms with Crippen LogP contribution in [-0.2, 0) is 9.53 Å². The average Bonchev–Trinajstić information content (AvgIpc) is 2.93. The summed E-state index contributed by atoms with van der Waals surface area (Å²) in [6, 6.07) is 0.991. The number of carbonyl (C=O) groups is 2. The Labute approximate surface area is 154 Å². The van der Waals surface area contributed by atoms with Crippen molar-refractivity contribution in [3.05, 3.63) is 27.5 Å². The van der Waals surface area contributed by atoms with Crippen molar-refractivity contribution >= 4 is 35.1 Å². The number of ether oxygens (including phenoxy) is 1. The third kappa shape index (κ3) is 4.94. The van der Waals surface area contributed by atoms with E-state index in [-0.39, 0.29) is 35.3 Å². The molecule has 1 unspecified atom stereocenters. The lowest BCUT2D eigenvalue weighted by atomic mass is 10.2. The molecule has 0 saturated heterocycles. The molecule has 0 aliphatic carbocycles. The van der Waals surface area contributed by atoms with Gasteiger partial charge in [0.25, 0.3) is 0 Å². The molecule has 2 rings (SSSR count). The predicted molar refractivity (Wildman–Crippen MR) is 95.8 cm³/mol. The maximum Gasteiger partial charge on any atom is 0.351 e. The van der Waals surface area contributed by atoms with Crippen LogP contribution in [0.25, 0.3) is 0 Å². The van der Waals surface area contributed by atoms with E-state index in [0.717, 1.165) is 11.3 Å². The van der Waals surface area contributed by atoms with E-state index >= 15 is 0 Å². The minimum Gasteiger partial charge on any atom is -0.462 e. The number of anilines is 2. The van der Waals surface area contributed by atoms with Crippen molar-refractivity contribution in [3.63, 3.8) is 0 Å². The zero-order chi connectivity index (χ0) is 19.3. The maximum atomic E-state index is 14.1. The largest absolute Gasteiger partial charge is 0.462 e. The van der Waals surface area contributed by atoms with E-state index in [4.69, 9.17) is 4.74 Å². The summed E-state index contributed by atoms with van der Waals surface area (Å²) in [5.41, 5.74) is 0. The summed E-state index contributed by atoms with van der Waals surface area (Å²) in [7, 11) is 0. The first-order valence-electron chi connectivity index (χ1n) is 8.07. The van der Waals surface area contributed by atoms with Gasteiger partial charge in [-0.05, 0) is 26.3 Å². The fourth-order valence-electron chi connectivity index (χ4n) is 2.18. The summed E-state index contributed by atoms with van der Waals surface area (Å²) in [6.45, 7) is 6.77. The number of nitrogens with one attached hydrogen (secondary N) is 2. The van der Waals surface area contributed by atoms with E-state index in [1.165, 1.54) is 13.0 Å². The lowest BCUT2D eigenvalue weighted by Gasteiger charge is -2.16. The van der Waals surface area contributed by atoms with Crippen molar-refractivity contribution in [2.75, 3.05) is 17.2 Å². The molecular weight excluding hydrogens is 361 g/mol. The van der Waals surface area contributed by atoms with Gasteiger partial charge in [0.2, 0.25) is 17.8 Å². The van der Waals surface area contributed by atoms with Gasteiger partial charge in [0.15, 0.2) is 0 Å². The molecule has 0 fully saturated rings. The number of carbonyl (C=O) groups excluding carboxylic acids is 2. The normalized spacial score (nSPS) is 11.7. The Hall–Kier alpha value is -2.62. The smallest absolute Gasteiger partial charge is 0.351 e. The van der Waals surface area contributed by atoms with Crippen molar-refractivity contribution in [1.29, 1.82) is 0 Å². The molecule has 0 aromatic carbocycles. The molecule has 2 aromatic heterocycles. The highest BCUT2D eigenvalue weighted by atomic mass is 32.1. The Morgan fingerprint density at radius 2 is 1.96 bits per heavy atom. The summed E-state index contributed by atoms with van der Waals surface area (Å²) in [4.78, 5) is 35.9. The quantitative estimate of drug-likeness (QED) is 0.710. The summed E-state index contributed by atoms with van der Waals surface area (Å²) in [6.07, 6.45) is 0.600. The highest BCUT2D eigenvalue weighted by molar-refractivity contribution is 7.14. The van der Waals surface area contributed by atoms with Gasteiger partial charge in [-0.1, -0.05) is 6.92 Å². The molecular formula is C16H20FN5O3S. The number of thiophene rings is 1. The molecule has 8 nitrogen and oxygen atoms in total. The van der Waals surface area contributed by atoms with Crippen LogP contribution in [0.3, 0.4) is 0 Å². The molecule has 2 N–H and O–H groups in total. The standard InChI is InChI=1S/C16H20FN5O3S/c1-5-11(12-7-10(17)13(26-12)14(24)25-6-2)21-16-19-8(3)18-15(22-16)20-9(4)23/h7,11H,5-6H2,1-4H3,(H2,18,19,20,21,22,23). The Morgan fingerprint density at radius 1 is 1.27 bits per heavy atom. The molecule has 0 saturated carbocycles. The molecule has 0 aliphatic heterocycles. The number of aryl methyl sites for hydroxylation is 1. The van der Waals surface area contributed by atoms with Crippen molar-refractivity contribution in [3.8, 4) is 0 Å². The molecule has 1 atom stereocenters. The van der Waals surface area contributed by atoms with E-state index in [2.05, 4.69) is 25.6 Å². The van der Waals surface area contributed by atoms with Gasteiger partial charge < -0.3 is 10.1 Å². The van der Waals surface area contributed by atoms with Crippen LogP contribution in [0, 0.1) is 12.7 Å². The van der Waals surface area contributed by atoms with Gasteiger partial charge >= 0.3 is 5.97 Å². The molecule has 2 aromatic rings. The Balaban J connectivity index is 2.25. The van der Waals surface area contributed by atoms with E-state index in [9.17, 15) is 14.0 Å². The number of hydrogen-bond donors (Lipinski definition) is 2. The highest BCUT2D eigenvalue weighted by Crippen LogP contribution is 2.31. The summed E-state index contributed by atoms with van der Waals surface area (Å²) < 4.78 is 18.9.